The zero-order valence-electron chi connectivity index (χ0n) is 9.91. The van der Waals surface area contributed by atoms with Gasteiger partial charge in [0.25, 0.3) is 0 Å². The zero-order chi connectivity index (χ0) is 13.1. The Hall–Kier alpha value is -0.740. The highest BCUT2D eigenvalue weighted by Crippen LogP contribution is 2.29. The highest BCUT2D eigenvalue weighted by Gasteiger charge is 2.12. The molecular formula is C13H14Cl2N2S. The predicted octanol–water partition coefficient (Wildman–Crippen LogP) is 4.48. The minimum Gasteiger partial charge on any atom is -0.376 e. The summed E-state index contributed by atoms with van der Waals surface area (Å²) in [6.07, 6.45) is 0. The van der Waals surface area contributed by atoms with E-state index in [-0.39, 0.29) is 6.04 Å². The van der Waals surface area contributed by atoms with Gasteiger partial charge in [0.1, 0.15) is 0 Å². The highest BCUT2D eigenvalue weighted by molar-refractivity contribution is 7.16. The maximum atomic E-state index is 6.10. The summed E-state index contributed by atoms with van der Waals surface area (Å²) in [5.41, 5.74) is 7.82. The summed E-state index contributed by atoms with van der Waals surface area (Å²) in [4.78, 5) is 1.12. The summed E-state index contributed by atoms with van der Waals surface area (Å²) in [7, 11) is 0. The molecule has 1 atom stereocenters. The van der Waals surface area contributed by atoms with Gasteiger partial charge in [0, 0.05) is 22.1 Å². The van der Waals surface area contributed by atoms with Crippen LogP contribution in [0.1, 0.15) is 16.5 Å². The van der Waals surface area contributed by atoms with Crippen molar-refractivity contribution in [3.8, 4) is 0 Å². The van der Waals surface area contributed by atoms with E-state index in [0.717, 1.165) is 25.5 Å². The zero-order valence-corrected chi connectivity index (χ0v) is 12.2. The van der Waals surface area contributed by atoms with Crippen molar-refractivity contribution in [1.82, 2.24) is 0 Å². The summed E-state index contributed by atoms with van der Waals surface area (Å²) < 4.78 is 0.771. The van der Waals surface area contributed by atoms with E-state index in [4.69, 9.17) is 28.9 Å². The van der Waals surface area contributed by atoms with Gasteiger partial charge in [-0.05, 0) is 36.8 Å². The largest absolute Gasteiger partial charge is 0.376 e. The Bertz CT molecular complexity index is 540. The van der Waals surface area contributed by atoms with Crippen molar-refractivity contribution in [2.45, 2.75) is 13.0 Å². The number of hydrogen-bond acceptors (Lipinski definition) is 3. The first kappa shape index (κ1) is 13.7. The fourth-order valence-corrected chi connectivity index (χ4v) is 2.95. The van der Waals surface area contributed by atoms with Gasteiger partial charge in [0.15, 0.2) is 0 Å². The number of benzene rings is 1. The molecule has 0 radical (unpaired) electrons. The summed E-state index contributed by atoms with van der Waals surface area (Å²) in [5.74, 6) is 0. The lowest BCUT2D eigenvalue weighted by molar-refractivity contribution is 0.806. The first-order valence-electron chi connectivity index (χ1n) is 5.58. The summed E-state index contributed by atoms with van der Waals surface area (Å²) in [5, 5.41) is 4.12. The lowest BCUT2D eigenvalue weighted by Gasteiger charge is -2.17. The van der Waals surface area contributed by atoms with Gasteiger partial charge in [-0.2, -0.15) is 0 Å². The van der Waals surface area contributed by atoms with E-state index in [0.29, 0.717) is 6.54 Å². The molecule has 2 aromatic rings. The molecular weight excluding hydrogens is 287 g/mol. The number of hydrogen-bond donors (Lipinski definition) is 2. The predicted molar refractivity (Wildman–Crippen MR) is 80.9 cm³/mol. The molecule has 96 valence electrons. The van der Waals surface area contributed by atoms with Crippen molar-refractivity contribution in [3.05, 3.63) is 50.1 Å². The molecule has 2 rings (SSSR count). The third-order valence-corrected chi connectivity index (χ3v) is 4.44. The second-order valence-electron chi connectivity index (χ2n) is 4.04. The monoisotopic (exact) mass is 300 g/mol. The molecule has 0 saturated heterocycles. The van der Waals surface area contributed by atoms with Crippen molar-refractivity contribution in [1.29, 1.82) is 0 Å². The van der Waals surface area contributed by atoms with Crippen LogP contribution in [0.3, 0.4) is 0 Å². The van der Waals surface area contributed by atoms with Gasteiger partial charge in [-0.3, -0.25) is 0 Å². The van der Waals surface area contributed by atoms with Crippen LogP contribution in [0.5, 0.6) is 0 Å². The van der Waals surface area contributed by atoms with Crippen molar-refractivity contribution < 1.29 is 0 Å². The quantitative estimate of drug-likeness (QED) is 0.874. The first-order chi connectivity index (χ1) is 8.60. The number of thiophene rings is 1. The third kappa shape index (κ3) is 3.18. The van der Waals surface area contributed by atoms with Crippen LogP contribution >= 0.6 is 34.5 Å². The van der Waals surface area contributed by atoms with Gasteiger partial charge in [-0.1, -0.05) is 29.3 Å². The summed E-state index contributed by atoms with van der Waals surface area (Å²) in [6, 6.07) is 9.83. The standard InChI is InChI=1S/C13H14Cl2N2S/c1-8-2-3-9(6-10(8)14)17-11(7-16)12-4-5-13(15)18-12/h2-6,11,17H,7,16H2,1H3. The molecule has 0 aliphatic rings. The first-order valence-corrected chi connectivity index (χ1v) is 7.15. The summed E-state index contributed by atoms with van der Waals surface area (Å²) >= 11 is 13.6. The number of anilines is 1. The van der Waals surface area contributed by atoms with E-state index in [9.17, 15) is 0 Å². The maximum absolute atomic E-state index is 6.10. The molecule has 0 bridgehead atoms. The van der Waals surface area contributed by atoms with Crippen LogP contribution in [-0.4, -0.2) is 6.54 Å². The lowest BCUT2D eigenvalue weighted by Crippen LogP contribution is -2.19. The Kier molecular flexibility index (Phi) is 4.51. The molecule has 1 aromatic heterocycles. The lowest BCUT2D eigenvalue weighted by atomic mass is 10.2. The molecule has 0 aliphatic heterocycles. The van der Waals surface area contributed by atoms with Crippen LogP contribution in [0.2, 0.25) is 9.36 Å². The number of rotatable bonds is 4. The molecule has 5 heteroatoms. The molecule has 0 fully saturated rings. The second kappa shape index (κ2) is 5.93. The minimum absolute atomic E-state index is 0.0567. The fourth-order valence-electron chi connectivity index (χ4n) is 1.65. The van der Waals surface area contributed by atoms with Gasteiger partial charge in [0.2, 0.25) is 0 Å². The third-order valence-electron chi connectivity index (χ3n) is 2.69. The van der Waals surface area contributed by atoms with E-state index in [1.54, 1.807) is 0 Å². The van der Waals surface area contributed by atoms with Crippen LogP contribution in [0.4, 0.5) is 5.69 Å². The van der Waals surface area contributed by atoms with Crippen LogP contribution in [0.25, 0.3) is 0 Å². The highest BCUT2D eigenvalue weighted by atomic mass is 35.5. The average Bonchev–Trinajstić information content (AvgIpc) is 2.77. The molecule has 1 heterocycles. The normalized spacial score (nSPS) is 12.4. The molecule has 1 unspecified atom stereocenters. The van der Waals surface area contributed by atoms with Crippen molar-refractivity contribution in [2.24, 2.45) is 5.73 Å². The van der Waals surface area contributed by atoms with E-state index in [2.05, 4.69) is 5.32 Å². The minimum atomic E-state index is 0.0567. The van der Waals surface area contributed by atoms with E-state index in [1.807, 2.05) is 37.3 Å². The van der Waals surface area contributed by atoms with Gasteiger partial charge < -0.3 is 11.1 Å². The van der Waals surface area contributed by atoms with Crippen molar-refractivity contribution >= 4 is 40.2 Å². The molecule has 18 heavy (non-hydrogen) atoms. The van der Waals surface area contributed by atoms with Gasteiger partial charge in [0.05, 0.1) is 10.4 Å². The number of aryl methyl sites for hydroxylation is 1. The topological polar surface area (TPSA) is 38.0 Å². The summed E-state index contributed by atoms with van der Waals surface area (Å²) in [6.45, 7) is 2.48. The molecule has 0 spiro atoms. The number of nitrogens with one attached hydrogen (secondary N) is 1. The smallest absolute Gasteiger partial charge is 0.0932 e. The Morgan fingerprint density at radius 3 is 2.61 bits per heavy atom. The van der Waals surface area contributed by atoms with Crippen LogP contribution in [-0.2, 0) is 0 Å². The number of halogens is 2. The van der Waals surface area contributed by atoms with Crippen LogP contribution in [0.15, 0.2) is 30.3 Å². The SMILES string of the molecule is Cc1ccc(NC(CN)c2ccc(Cl)s2)cc1Cl. The number of nitrogens with two attached hydrogens (primary N) is 1. The Labute approximate surface area is 121 Å². The van der Waals surface area contributed by atoms with E-state index >= 15 is 0 Å². The van der Waals surface area contributed by atoms with Gasteiger partial charge >= 0.3 is 0 Å². The average molecular weight is 301 g/mol. The van der Waals surface area contributed by atoms with E-state index in [1.165, 1.54) is 11.3 Å². The molecule has 1 aromatic carbocycles. The fraction of sp³-hybridized carbons (Fsp3) is 0.231. The van der Waals surface area contributed by atoms with Crippen LogP contribution in [0, 0.1) is 6.92 Å². The van der Waals surface area contributed by atoms with Crippen molar-refractivity contribution in [3.63, 3.8) is 0 Å². The Morgan fingerprint density at radius 1 is 1.28 bits per heavy atom. The van der Waals surface area contributed by atoms with Gasteiger partial charge in [-0.25, -0.2) is 0 Å². The molecule has 0 saturated carbocycles. The van der Waals surface area contributed by atoms with Gasteiger partial charge in [-0.15, -0.1) is 11.3 Å². The molecule has 0 amide bonds. The van der Waals surface area contributed by atoms with Crippen molar-refractivity contribution in [2.75, 3.05) is 11.9 Å². The van der Waals surface area contributed by atoms with E-state index < -0.39 is 0 Å². The Balaban J connectivity index is 2.17. The Morgan fingerprint density at radius 2 is 2.06 bits per heavy atom. The molecule has 3 N–H and O–H groups in total. The maximum Gasteiger partial charge on any atom is 0.0932 e. The molecule has 2 nitrogen and oxygen atoms in total. The molecule has 0 aliphatic carbocycles. The van der Waals surface area contributed by atoms with Crippen LogP contribution < -0.4 is 11.1 Å². The second-order valence-corrected chi connectivity index (χ2v) is 6.19.